The number of hydrogen-bond acceptors (Lipinski definition) is 3. The molecule has 0 saturated carbocycles. The summed E-state index contributed by atoms with van der Waals surface area (Å²) < 4.78 is 1.71. The molecule has 0 bridgehead atoms. The van der Waals surface area contributed by atoms with Crippen molar-refractivity contribution >= 4 is 10.9 Å². The van der Waals surface area contributed by atoms with Crippen molar-refractivity contribution in [1.29, 1.82) is 0 Å². The van der Waals surface area contributed by atoms with Gasteiger partial charge in [-0.2, -0.15) is 0 Å². The smallest absolute Gasteiger partial charge is 0.257 e. The third-order valence-electron chi connectivity index (χ3n) is 5.55. The van der Waals surface area contributed by atoms with Gasteiger partial charge in [-0.25, -0.2) is 4.98 Å². The molecule has 0 unspecified atom stereocenters. The first kappa shape index (κ1) is 19.7. The Balaban J connectivity index is 1.60. The Bertz CT molecular complexity index is 1530. The Labute approximate surface area is 184 Å². The summed E-state index contributed by atoms with van der Waals surface area (Å²) in [5.74, 6) is 0. The summed E-state index contributed by atoms with van der Waals surface area (Å²) in [5.41, 5.74) is 6.21. The second-order valence-electron chi connectivity index (χ2n) is 7.86. The molecule has 0 aliphatic rings. The maximum absolute atomic E-state index is 12.4. The molecule has 5 nitrogen and oxygen atoms in total. The zero-order chi connectivity index (χ0) is 22.1. The molecular weight excluding hydrogens is 398 g/mol. The summed E-state index contributed by atoms with van der Waals surface area (Å²) >= 11 is 0. The van der Waals surface area contributed by atoms with Crippen molar-refractivity contribution in [1.82, 2.24) is 14.5 Å². The lowest BCUT2D eigenvalue weighted by molar-refractivity contribution is 0.754. The van der Waals surface area contributed by atoms with Crippen LogP contribution in [0.5, 0.6) is 0 Å². The van der Waals surface area contributed by atoms with Crippen molar-refractivity contribution in [2.45, 2.75) is 13.5 Å². The van der Waals surface area contributed by atoms with Gasteiger partial charge in [-0.1, -0.05) is 60.7 Å². The van der Waals surface area contributed by atoms with E-state index in [9.17, 15) is 9.59 Å². The lowest BCUT2D eigenvalue weighted by Crippen LogP contribution is -2.19. The van der Waals surface area contributed by atoms with Crippen LogP contribution in [-0.2, 0) is 6.54 Å². The minimum atomic E-state index is -0.155. The van der Waals surface area contributed by atoms with Crippen molar-refractivity contribution in [2.75, 3.05) is 0 Å². The van der Waals surface area contributed by atoms with E-state index in [0.717, 1.165) is 33.5 Å². The van der Waals surface area contributed by atoms with Crippen LogP contribution in [0, 0.1) is 6.92 Å². The third kappa shape index (κ3) is 3.76. The van der Waals surface area contributed by atoms with Crippen LogP contribution in [0.15, 0.2) is 101 Å². The number of aromatic nitrogens is 3. The Morgan fingerprint density at radius 2 is 1.66 bits per heavy atom. The molecule has 5 heteroatoms. The molecule has 1 N–H and O–H groups in total. The van der Waals surface area contributed by atoms with E-state index in [1.807, 2.05) is 85.9 Å². The first-order chi connectivity index (χ1) is 15.6. The van der Waals surface area contributed by atoms with E-state index in [-0.39, 0.29) is 11.1 Å². The number of hydrogen-bond donors (Lipinski definition) is 1. The van der Waals surface area contributed by atoms with Crippen LogP contribution in [0.2, 0.25) is 0 Å². The number of pyridine rings is 3. The van der Waals surface area contributed by atoms with Gasteiger partial charge >= 0.3 is 0 Å². The molecule has 3 heterocycles. The SMILES string of the molecule is Cc1ccc(=O)n(Cc2ccc(-c3nc4cc[nH]c(=O)c4cc3-c3ccccc3)cc2)c1. The largest absolute Gasteiger partial charge is 0.328 e. The summed E-state index contributed by atoms with van der Waals surface area (Å²) in [7, 11) is 0. The molecule has 156 valence electrons. The number of fused-ring (bicyclic) bond motifs is 1. The maximum Gasteiger partial charge on any atom is 0.257 e. The lowest BCUT2D eigenvalue weighted by Gasteiger charge is -2.12. The third-order valence-corrected chi connectivity index (χ3v) is 5.55. The van der Waals surface area contributed by atoms with Crippen LogP contribution in [0.3, 0.4) is 0 Å². The molecule has 2 aromatic carbocycles. The highest BCUT2D eigenvalue weighted by molar-refractivity contribution is 5.91. The van der Waals surface area contributed by atoms with Crippen LogP contribution in [-0.4, -0.2) is 14.5 Å². The standard InChI is InChI=1S/C27H21N3O2/c1-18-7-12-25(31)30(16-18)17-19-8-10-21(11-9-19)26-22(20-5-3-2-4-6-20)15-23-24(29-26)13-14-28-27(23)32/h2-16H,17H2,1H3,(H,28,32). The number of nitrogens with zero attached hydrogens (tertiary/aromatic N) is 2. The van der Waals surface area contributed by atoms with Gasteiger partial charge in [-0.05, 0) is 35.7 Å². The van der Waals surface area contributed by atoms with Crippen molar-refractivity contribution in [2.24, 2.45) is 0 Å². The second-order valence-corrected chi connectivity index (χ2v) is 7.86. The van der Waals surface area contributed by atoms with E-state index >= 15 is 0 Å². The molecule has 0 atom stereocenters. The first-order valence-electron chi connectivity index (χ1n) is 10.4. The van der Waals surface area contributed by atoms with Crippen molar-refractivity contribution in [3.05, 3.63) is 123 Å². The minimum Gasteiger partial charge on any atom is -0.328 e. The average Bonchev–Trinajstić information content (AvgIpc) is 2.82. The second kappa shape index (κ2) is 8.12. The van der Waals surface area contributed by atoms with Gasteiger partial charge in [0.1, 0.15) is 0 Å². The molecule has 0 aliphatic carbocycles. The molecule has 5 aromatic rings. The number of aromatic amines is 1. The molecule has 0 aliphatic heterocycles. The Morgan fingerprint density at radius 1 is 0.875 bits per heavy atom. The molecule has 3 aromatic heterocycles. The van der Waals surface area contributed by atoms with Crippen LogP contribution in [0.1, 0.15) is 11.1 Å². The zero-order valence-electron chi connectivity index (χ0n) is 17.6. The normalized spacial score (nSPS) is 11.0. The fourth-order valence-corrected chi connectivity index (χ4v) is 3.91. The summed E-state index contributed by atoms with van der Waals surface area (Å²) in [4.78, 5) is 32.1. The number of H-pyrrole nitrogens is 1. The van der Waals surface area contributed by atoms with Gasteiger partial charge in [0.25, 0.3) is 11.1 Å². The fraction of sp³-hybridized carbons (Fsp3) is 0.0741. The summed E-state index contributed by atoms with van der Waals surface area (Å²) in [6.07, 6.45) is 3.48. The van der Waals surface area contributed by atoms with Gasteiger partial charge in [0.05, 0.1) is 23.1 Å². The first-order valence-corrected chi connectivity index (χ1v) is 10.4. The average molecular weight is 419 g/mol. The molecule has 0 spiro atoms. The van der Waals surface area contributed by atoms with Crippen LogP contribution >= 0.6 is 0 Å². The monoisotopic (exact) mass is 419 g/mol. The highest BCUT2D eigenvalue weighted by atomic mass is 16.1. The summed E-state index contributed by atoms with van der Waals surface area (Å²) in [5, 5.41) is 0.561. The molecule has 0 radical (unpaired) electrons. The van der Waals surface area contributed by atoms with Gasteiger partial charge in [0.15, 0.2) is 0 Å². The molecule has 0 amide bonds. The lowest BCUT2D eigenvalue weighted by atomic mass is 9.97. The van der Waals surface area contributed by atoms with Gasteiger partial charge in [0.2, 0.25) is 0 Å². The maximum atomic E-state index is 12.4. The summed E-state index contributed by atoms with van der Waals surface area (Å²) in [6.45, 7) is 2.48. The van der Waals surface area contributed by atoms with E-state index in [4.69, 9.17) is 4.98 Å². The topological polar surface area (TPSA) is 67.8 Å². The van der Waals surface area contributed by atoms with Gasteiger partial charge < -0.3 is 9.55 Å². The van der Waals surface area contributed by atoms with Gasteiger partial charge in [0, 0.05) is 29.6 Å². The Morgan fingerprint density at radius 3 is 2.44 bits per heavy atom. The van der Waals surface area contributed by atoms with Crippen LogP contribution in [0.4, 0.5) is 0 Å². The molecule has 32 heavy (non-hydrogen) atoms. The molecule has 0 fully saturated rings. The van der Waals surface area contributed by atoms with Gasteiger partial charge in [-0.3, -0.25) is 9.59 Å². The van der Waals surface area contributed by atoms with Crippen molar-refractivity contribution in [3.63, 3.8) is 0 Å². The minimum absolute atomic E-state index is 0.0209. The fourth-order valence-electron chi connectivity index (χ4n) is 3.91. The number of nitrogens with one attached hydrogen (secondary N) is 1. The highest BCUT2D eigenvalue weighted by Crippen LogP contribution is 2.32. The summed E-state index contributed by atoms with van der Waals surface area (Å²) in [6, 6.07) is 25.2. The molecule has 0 saturated heterocycles. The Hall–Kier alpha value is -4.25. The van der Waals surface area contributed by atoms with E-state index < -0.39 is 0 Å². The van der Waals surface area contributed by atoms with Crippen molar-refractivity contribution < 1.29 is 0 Å². The zero-order valence-corrected chi connectivity index (χ0v) is 17.6. The van der Waals surface area contributed by atoms with Gasteiger partial charge in [-0.15, -0.1) is 0 Å². The van der Waals surface area contributed by atoms with E-state index in [2.05, 4.69) is 4.98 Å². The van der Waals surface area contributed by atoms with E-state index in [1.54, 1.807) is 16.8 Å². The van der Waals surface area contributed by atoms with Crippen LogP contribution in [0.25, 0.3) is 33.3 Å². The van der Waals surface area contributed by atoms with E-state index in [0.29, 0.717) is 17.4 Å². The highest BCUT2D eigenvalue weighted by Gasteiger charge is 2.13. The number of aryl methyl sites for hydroxylation is 1. The predicted molar refractivity (Wildman–Crippen MR) is 128 cm³/mol. The Kier molecular flexibility index (Phi) is 5.00. The van der Waals surface area contributed by atoms with E-state index in [1.165, 1.54) is 0 Å². The number of benzene rings is 2. The van der Waals surface area contributed by atoms with Crippen LogP contribution < -0.4 is 11.1 Å². The predicted octanol–water partition coefficient (Wildman–Crippen LogP) is 4.78. The molecular formula is C27H21N3O2. The van der Waals surface area contributed by atoms with Crippen molar-refractivity contribution in [3.8, 4) is 22.4 Å². The quantitative estimate of drug-likeness (QED) is 0.456. The number of rotatable bonds is 4. The molecule has 5 rings (SSSR count).